The number of nitrogens with zero attached hydrogens (tertiary/aromatic N) is 1. The predicted molar refractivity (Wildman–Crippen MR) is 111 cm³/mol. The Labute approximate surface area is 174 Å². The Morgan fingerprint density at radius 1 is 1.03 bits per heavy atom. The number of nitrogens with one attached hydrogen (secondary N) is 1. The lowest BCUT2D eigenvalue weighted by molar-refractivity contribution is -0.123. The maximum atomic E-state index is 13.0. The molecule has 29 heavy (non-hydrogen) atoms. The molecule has 0 aromatic heterocycles. The average molecular weight is 409 g/mol. The second-order valence-electron chi connectivity index (χ2n) is 8.31. The van der Waals surface area contributed by atoms with Crippen LogP contribution >= 0.6 is 11.6 Å². The fraction of sp³-hybridized carbons (Fsp3) is 0.348. The van der Waals surface area contributed by atoms with Crippen molar-refractivity contribution in [3.63, 3.8) is 0 Å². The van der Waals surface area contributed by atoms with E-state index in [9.17, 15) is 14.4 Å². The monoisotopic (exact) mass is 408 g/mol. The number of anilines is 2. The summed E-state index contributed by atoms with van der Waals surface area (Å²) in [6.07, 6.45) is 3.09. The zero-order chi connectivity index (χ0) is 20.3. The summed E-state index contributed by atoms with van der Waals surface area (Å²) in [5, 5.41) is 3.43. The number of halogens is 1. The normalized spacial score (nSPS) is 27.4. The second kappa shape index (κ2) is 6.70. The fourth-order valence-electron chi connectivity index (χ4n) is 5.39. The molecule has 3 aliphatic rings. The summed E-state index contributed by atoms with van der Waals surface area (Å²) in [7, 11) is 0. The van der Waals surface area contributed by atoms with Gasteiger partial charge in [-0.1, -0.05) is 23.7 Å². The Bertz CT molecular complexity index is 1020. The van der Waals surface area contributed by atoms with E-state index in [1.165, 1.54) is 4.90 Å². The van der Waals surface area contributed by atoms with Crippen molar-refractivity contribution in [2.75, 3.05) is 10.2 Å². The smallest absolute Gasteiger partial charge is 0.255 e. The number of hydrogen-bond acceptors (Lipinski definition) is 3. The van der Waals surface area contributed by atoms with E-state index in [1.54, 1.807) is 42.5 Å². The molecule has 4 atom stereocenters. The molecule has 3 fully saturated rings. The van der Waals surface area contributed by atoms with Crippen LogP contribution in [0.15, 0.2) is 42.5 Å². The number of rotatable bonds is 3. The van der Waals surface area contributed by atoms with Gasteiger partial charge in [0.1, 0.15) is 0 Å². The summed E-state index contributed by atoms with van der Waals surface area (Å²) >= 11 is 6.13. The number of fused-ring (bicyclic) bond motifs is 5. The van der Waals surface area contributed by atoms with Crippen molar-refractivity contribution in [3.05, 3.63) is 58.6 Å². The van der Waals surface area contributed by atoms with Crippen LogP contribution in [0.5, 0.6) is 0 Å². The van der Waals surface area contributed by atoms with Crippen LogP contribution in [0, 0.1) is 30.6 Å². The molecule has 0 radical (unpaired) electrons. The summed E-state index contributed by atoms with van der Waals surface area (Å²) < 4.78 is 0. The quantitative estimate of drug-likeness (QED) is 0.763. The molecule has 5 nitrogen and oxygen atoms in total. The van der Waals surface area contributed by atoms with Gasteiger partial charge in [-0.25, -0.2) is 0 Å². The van der Waals surface area contributed by atoms with Crippen LogP contribution in [0.3, 0.4) is 0 Å². The average Bonchev–Trinajstić information content (AvgIpc) is 3.39. The molecule has 1 saturated heterocycles. The second-order valence-corrected chi connectivity index (χ2v) is 8.72. The SMILES string of the molecule is Cc1c(Cl)cccc1NC(=O)c1cccc(N2C(=O)[C@@H]3[C@@H]4CC[C@H](C4)[C@@H]3C2=O)c1. The van der Waals surface area contributed by atoms with Crippen LogP contribution in [-0.4, -0.2) is 17.7 Å². The zero-order valence-corrected chi connectivity index (χ0v) is 16.8. The van der Waals surface area contributed by atoms with Crippen LogP contribution in [0.4, 0.5) is 11.4 Å². The summed E-state index contributed by atoms with van der Waals surface area (Å²) in [6.45, 7) is 1.84. The van der Waals surface area contributed by atoms with E-state index in [-0.39, 0.29) is 29.6 Å². The number of carbonyl (C=O) groups excluding carboxylic acids is 3. The molecule has 2 aromatic rings. The summed E-state index contributed by atoms with van der Waals surface area (Å²) in [5.74, 6) is -0.185. The molecule has 148 valence electrons. The summed E-state index contributed by atoms with van der Waals surface area (Å²) in [6, 6.07) is 12.0. The molecule has 1 N–H and O–H groups in total. The molecule has 2 aliphatic carbocycles. The maximum Gasteiger partial charge on any atom is 0.255 e. The lowest BCUT2D eigenvalue weighted by atomic mass is 9.81. The van der Waals surface area contributed by atoms with E-state index in [4.69, 9.17) is 11.6 Å². The van der Waals surface area contributed by atoms with Crippen LogP contribution in [0.1, 0.15) is 35.2 Å². The van der Waals surface area contributed by atoms with E-state index >= 15 is 0 Å². The number of hydrogen-bond donors (Lipinski definition) is 1. The number of imide groups is 1. The molecule has 1 heterocycles. The van der Waals surface area contributed by atoms with Gasteiger partial charge in [-0.2, -0.15) is 0 Å². The van der Waals surface area contributed by atoms with Crippen molar-refractivity contribution >= 4 is 40.7 Å². The molecular formula is C23H21ClN2O3. The van der Waals surface area contributed by atoms with Crippen molar-refractivity contribution in [1.82, 2.24) is 0 Å². The topological polar surface area (TPSA) is 66.5 Å². The first-order valence-electron chi connectivity index (χ1n) is 10.00. The van der Waals surface area contributed by atoms with Gasteiger partial charge in [0, 0.05) is 16.3 Å². The van der Waals surface area contributed by atoms with Gasteiger partial charge in [-0.15, -0.1) is 0 Å². The third kappa shape index (κ3) is 2.79. The largest absolute Gasteiger partial charge is 0.322 e. The van der Waals surface area contributed by atoms with Crippen molar-refractivity contribution < 1.29 is 14.4 Å². The van der Waals surface area contributed by atoms with Gasteiger partial charge in [0.05, 0.1) is 17.5 Å². The highest BCUT2D eigenvalue weighted by molar-refractivity contribution is 6.31. The van der Waals surface area contributed by atoms with Gasteiger partial charge in [0.2, 0.25) is 11.8 Å². The van der Waals surface area contributed by atoms with Crippen molar-refractivity contribution in [1.29, 1.82) is 0 Å². The molecule has 0 unspecified atom stereocenters. The number of benzene rings is 2. The van der Waals surface area contributed by atoms with E-state index in [0.29, 0.717) is 33.8 Å². The maximum absolute atomic E-state index is 13.0. The first-order valence-corrected chi connectivity index (χ1v) is 10.4. The van der Waals surface area contributed by atoms with Gasteiger partial charge in [0.25, 0.3) is 5.91 Å². The Morgan fingerprint density at radius 2 is 1.69 bits per heavy atom. The molecule has 2 aromatic carbocycles. The summed E-state index contributed by atoms with van der Waals surface area (Å²) in [5.41, 5.74) is 2.28. The highest BCUT2D eigenvalue weighted by atomic mass is 35.5. The van der Waals surface area contributed by atoms with Gasteiger partial charge >= 0.3 is 0 Å². The van der Waals surface area contributed by atoms with E-state index < -0.39 is 0 Å². The minimum absolute atomic E-state index is 0.101. The molecule has 5 rings (SSSR count). The van der Waals surface area contributed by atoms with Crippen molar-refractivity contribution in [2.24, 2.45) is 23.7 Å². The first-order chi connectivity index (χ1) is 14.0. The Hall–Kier alpha value is -2.66. The Kier molecular flexibility index (Phi) is 4.24. The van der Waals surface area contributed by atoms with E-state index in [0.717, 1.165) is 24.8 Å². The summed E-state index contributed by atoms with van der Waals surface area (Å²) in [4.78, 5) is 40.1. The minimum atomic E-state index is -0.309. The van der Waals surface area contributed by atoms with Crippen LogP contribution in [0.25, 0.3) is 0 Å². The van der Waals surface area contributed by atoms with Gasteiger partial charge < -0.3 is 5.32 Å². The third-order valence-corrected chi connectivity index (χ3v) is 7.22. The van der Waals surface area contributed by atoms with Gasteiger partial charge in [0.15, 0.2) is 0 Å². The van der Waals surface area contributed by atoms with Crippen LogP contribution < -0.4 is 10.2 Å². The fourth-order valence-corrected chi connectivity index (χ4v) is 5.56. The first kappa shape index (κ1) is 18.4. The molecule has 3 amide bonds. The number of amides is 3. The highest BCUT2D eigenvalue weighted by Crippen LogP contribution is 2.56. The van der Waals surface area contributed by atoms with Crippen LogP contribution in [0.2, 0.25) is 5.02 Å². The lowest BCUT2D eigenvalue weighted by Gasteiger charge is -2.19. The molecular weight excluding hydrogens is 388 g/mol. The predicted octanol–water partition coefficient (Wildman–Crippen LogP) is 4.44. The molecule has 6 heteroatoms. The molecule has 2 saturated carbocycles. The zero-order valence-electron chi connectivity index (χ0n) is 16.0. The van der Waals surface area contributed by atoms with Crippen molar-refractivity contribution in [2.45, 2.75) is 26.2 Å². The molecule has 0 spiro atoms. The lowest BCUT2D eigenvalue weighted by Crippen LogP contribution is -2.33. The van der Waals surface area contributed by atoms with E-state index in [1.807, 2.05) is 6.92 Å². The Balaban J connectivity index is 1.42. The highest BCUT2D eigenvalue weighted by Gasteiger charge is 2.61. The molecule has 1 aliphatic heterocycles. The van der Waals surface area contributed by atoms with Gasteiger partial charge in [-0.05, 0) is 73.9 Å². The Morgan fingerprint density at radius 3 is 2.38 bits per heavy atom. The standard InChI is InChI=1S/C23H21ClN2O3/c1-12-17(24)6-3-7-18(12)25-21(27)15-4-2-5-16(11-15)26-22(28)19-13-8-9-14(10-13)20(19)23(26)29/h2-7,11,13-14,19-20H,8-10H2,1H3,(H,25,27)/t13-,14-,19-,20+/m1/s1. The van der Waals surface area contributed by atoms with Gasteiger partial charge in [-0.3, -0.25) is 19.3 Å². The van der Waals surface area contributed by atoms with E-state index in [2.05, 4.69) is 5.32 Å². The van der Waals surface area contributed by atoms with Crippen molar-refractivity contribution in [3.8, 4) is 0 Å². The minimum Gasteiger partial charge on any atom is -0.322 e. The number of carbonyl (C=O) groups is 3. The third-order valence-electron chi connectivity index (χ3n) is 6.81. The molecule has 2 bridgehead atoms. The van der Waals surface area contributed by atoms with Crippen LogP contribution in [-0.2, 0) is 9.59 Å².